The highest BCUT2D eigenvalue weighted by molar-refractivity contribution is 7.47. The predicted molar refractivity (Wildman–Crippen MR) is 251 cm³/mol. The van der Waals surface area contributed by atoms with E-state index >= 15 is 0 Å². The molecule has 11 heteroatoms. The van der Waals surface area contributed by atoms with Crippen molar-refractivity contribution in [2.75, 3.05) is 26.4 Å². The van der Waals surface area contributed by atoms with Crippen LogP contribution in [0.3, 0.4) is 0 Å². The summed E-state index contributed by atoms with van der Waals surface area (Å²) >= 11 is 0. The number of allylic oxidation sites excluding steroid dienone is 6. The lowest BCUT2D eigenvalue weighted by atomic mass is 10.0. The van der Waals surface area contributed by atoms with Gasteiger partial charge in [-0.05, 0) is 70.6 Å². The Morgan fingerprint density at radius 2 is 0.836 bits per heavy atom. The molecule has 0 amide bonds. The molecule has 61 heavy (non-hydrogen) atoms. The van der Waals surface area contributed by atoms with Crippen molar-refractivity contribution in [3.8, 4) is 0 Å². The molecule has 0 spiro atoms. The summed E-state index contributed by atoms with van der Waals surface area (Å²) in [6, 6.07) is 0. The summed E-state index contributed by atoms with van der Waals surface area (Å²) in [5.41, 5.74) is 0. The van der Waals surface area contributed by atoms with E-state index in [0.717, 1.165) is 51.4 Å². The number of hydrogen-bond acceptors (Lipinski definition) is 9. The van der Waals surface area contributed by atoms with Crippen molar-refractivity contribution in [1.82, 2.24) is 0 Å². The zero-order chi connectivity index (χ0) is 44.8. The molecule has 0 rings (SSSR count). The number of carbonyl (C=O) groups is 2. The first-order chi connectivity index (χ1) is 29.7. The van der Waals surface area contributed by atoms with Crippen molar-refractivity contribution in [1.29, 1.82) is 0 Å². The summed E-state index contributed by atoms with van der Waals surface area (Å²) in [5.74, 6) is -0.973. The Hall–Kier alpha value is -1.81. The van der Waals surface area contributed by atoms with Crippen LogP contribution in [0.2, 0.25) is 0 Å². The molecule has 358 valence electrons. The lowest BCUT2D eigenvalue weighted by molar-refractivity contribution is -0.161. The van der Waals surface area contributed by atoms with Gasteiger partial charge < -0.3 is 24.6 Å². The number of hydrogen-bond donors (Lipinski definition) is 3. The number of ether oxygens (including phenoxy) is 2. The summed E-state index contributed by atoms with van der Waals surface area (Å²) in [7, 11) is -4.63. The van der Waals surface area contributed by atoms with Gasteiger partial charge in [0.1, 0.15) is 12.7 Å². The third kappa shape index (κ3) is 46.0. The SMILES string of the molecule is CCCCCC/C=C/CCCCCCCCCC(=O)O[C@@H](COC(=O)CCC/C=C/CC/C=C/CCCCCCCCCCCCCCCC)COP(=O)(O)OC[C@H](O)CO. The first kappa shape index (κ1) is 59.2. The Labute approximate surface area is 373 Å². The number of phosphoric ester groups is 1. The largest absolute Gasteiger partial charge is 0.472 e. The molecule has 0 saturated heterocycles. The molecular weight excluding hydrogens is 792 g/mol. The average Bonchev–Trinajstić information content (AvgIpc) is 3.25. The Kier molecular flexibility index (Phi) is 44.8. The van der Waals surface area contributed by atoms with Gasteiger partial charge in [-0.25, -0.2) is 4.57 Å². The van der Waals surface area contributed by atoms with Gasteiger partial charge >= 0.3 is 19.8 Å². The number of rotatable bonds is 47. The highest BCUT2D eigenvalue weighted by atomic mass is 31.2. The van der Waals surface area contributed by atoms with E-state index < -0.39 is 51.8 Å². The van der Waals surface area contributed by atoms with Crippen molar-refractivity contribution in [3.63, 3.8) is 0 Å². The lowest BCUT2D eigenvalue weighted by Gasteiger charge is -2.20. The Balaban J connectivity index is 4.21. The summed E-state index contributed by atoms with van der Waals surface area (Å²) in [4.78, 5) is 35.1. The third-order valence-electron chi connectivity index (χ3n) is 10.7. The van der Waals surface area contributed by atoms with Crippen LogP contribution < -0.4 is 0 Å². The van der Waals surface area contributed by atoms with Crippen molar-refractivity contribution < 1.29 is 47.8 Å². The molecule has 3 N–H and O–H groups in total. The van der Waals surface area contributed by atoms with Crippen LogP contribution >= 0.6 is 7.82 Å². The summed E-state index contributed by atoms with van der Waals surface area (Å²) < 4.78 is 32.8. The molecule has 0 aliphatic rings. The van der Waals surface area contributed by atoms with Crippen LogP contribution in [-0.2, 0) is 32.7 Å². The fourth-order valence-electron chi connectivity index (χ4n) is 6.89. The van der Waals surface area contributed by atoms with Crippen molar-refractivity contribution in [2.24, 2.45) is 0 Å². The molecule has 0 bridgehead atoms. The maximum absolute atomic E-state index is 12.6. The van der Waals surface area contributed by atoms with Gasteiger partial charge in [-0.2, -0.15) is 0 Å². The van der Waals surface area contributed by atoms with Crippen LogP contribution in [0.15, 0.2) is 36.5 Å². The molecule has 10 nitrogen and oxygen atoms in total. The van der Waals surface area contributed by atoms with Crippen LogP contribution in [0, 0.1) is 0 Å². The normalized spacial score (nSPS) is 14.0. The summed E-state index contributed by atoms with van der Waals surface area (Å²) in [5, 5.41) is 18.4. The molecule has 0 fully saturated rings. The lowest BCUT2D eigenvalue weighted by Crippen LogP contribution is -2.29. The van der Waals surface area contributed by atoms with E-state index in [1.807, 2.05) is 0 Å². The fraction of sp³-hybridized carbons (Fsp3) is 0.840. The molecule has 0 radical (unpaired) electrons. The van der Waals surface area contributed by atoms with Crippen LogP contribution in [0.25, 0.3) is 0 Å². The maximum Gasteiger partial charge on any atom is 0.472 e. The minimum Gasteiger partial charge on any atom is -0.462 e. The standard InChI is InChI=1S/C50H93O10P/c1-3-5-7-9-11-13-15-17-19-20-21-22-23-24-25-26-28-29-31-33-35-37-39-41-49(53)57-45-48(46-59-61(55,56)58-44-47(52)43-51)60-50(54)42-40-38-36-34-32-30-27-18-16-14-12-10-8-6-4-2/h14,16,26,28,33,35,47-48,51-52H,3-13,15,17-25,27,29-32,34,36-46H2,1-2H3,(H,55,56)/b16-14+,28-26+,35-33+/t47-,48+/m1/s1. The number of unbranched alkanes of at least 4 members (excludes halogenated alkanes) is 27. The van der Waals surface area contributed by atoms with E-state index in [1.54, 1.807) is 0 Å². The van der Waals surface area contributed by atoms with E-state index in [1.165, 1.54) is 141 Å². The smallest absolute Gasteiger partial charge is 0.462 e. The zero-order valence-electron chi connectivity index (χ0n) is 39.1. The number of aliphatic hydroxyl groups is 2. The van der Waals surface area contributed by atoms with E-state index in [-0.39, 0.29) is 19.4 Å². The summed E-state index contributed by atoms with van der Waals surface area (Å²) in [6.07, 6.45) is 49.8. The van der Waals surface area contributed by atoms with Gasteiger partial charge in [-0.1, -0.05) is 185 Å². The van der Waals surface area contributed by atoms with E-state index in [4.69, 9.17) is 23.6 Å². The van der Waals surface area contributed by atoms with E-state index in [0.29, 0.717) is 12.8 Å². The number of aliphatic hydroxyl groups excluding tert-OH is 2. The van der Waals surface area contributed by atoms with Crippen LogP contribution in [-0.4, -0.2) is 65.7 Å². The van der Waals surface area contributed by atoms with Gasteiger partial charge in [0.2, 0.25) is 0 Å². The van der Waals surface area contributed by atoms with Gasteiger partial charge in [-0.3, -0.25) is 18.6 Å². The average molecular weight is 885 g/mol. The summed E-state index contributed by atoms with van der Waals surface area (Å²) in [6.45, 7) is 2.35. The Bertz CT molecular complexity index is 1110. The molecule has 3 atom stereocenters. The third-order valence-corrected chi connectivity index (χ3v) is 11.7. The first-order valence-electron chi connectivity index (χ1n) is 24.9. The van der Waals surface area contributed by atoms with Gasteiger partial charge in [-0.15, -0.1) is 0 Å². The molecule has 0 aromatic rings. The van der Waals surface area contributed by atoms with Crippen molar-refractivity contribution >= 4 is 19.8 Å². The molecule has 1 unspecified atom stereocenters. The predicted octanol–water partition coefficient (Wildman–Crippen LogP) is 13.9. The van der Waals surface area contributed by atoms with Crippen LogP contribution in [0.5, 0.6) is 0 Å². The van der Waals surface area contributed by atoms with E-state index in [9.17, 15) is 24.2 Å². The number of esters is 2. The molecular formula is C50H93O10P. The second-order valence-corrected chi connectivity index (χ2v) is 18.3. The van der Waals surface area contributed by atoms with Gasteiger partial charge in [0.05, 0.1) is 19.8 Å². The monoisotopic (exact) mass is 885 g/mol. The van der Waals surface area contributed by atoms with Crippen LogP contribution in [0.4, 0.5) is 0 Å². The highest BCUT2D eigenvalue weighted by Gasteiger charge is 2.27. The van der Waals surface area contributed by atoms with Gasteiger partial charge in [0, 0.05) is 12.8 Å². The highest BCUT2D eigenvalue weighted by Crippen LogP contribution is 2.43. The van der Waals surface area contributed by atoms with Crippen molar-refractivity contribution in [2.45, 2.75) is 244 Å². The number of carbonyl (C=O) groups excluding carboxylic acids is 2. The molecule has 0 heterocycles. The molecule has 0 aromatic heterocycles. The molecule has 0 saturated carbocycles. The topological polar surface area (TPSA) is 149 Å². The number of phosphoric acid groups is 1. The molecule has 0 aromatic carbocycles. The molecule has 0 aliphatic carbocycles. The van der Waals surface area contributed by atoms with Crippen LogP contribution in [0.1, 0.15) is 232 Å². The Morgan fingerprint density at radius 3 is 1.30 bits per heavy atom. The quantitative estimate of drug-likeness (QED) is 0.0233. The minimum atomic E-state index is -4.63. The Morgan fingerprint density at radius 1 is 0.475 bits per heavy atom. The fourth-order valence-corrected chi connectivity index (χ4v) is 7.68. The first-order valence-corrected chi connectivity index (χ1v) is 26.4. The van der Waals surface area contributed by atoms with E-state index in [2.05, 4.69) is 50.3 Å². The zero-order valence-corrected chi connectivity index (χ0v) is 40.0. The van der Waals surface area contributed by atoms with Crippen molar-refractivity contribution in [3.05, 3.63) is 36.5 Å². The molecule has 0 aliphatic heterocycles. The second kappa shape index (κ2) is 46.2. The van der Waals surface area contributed by atoms with Gasteiger partial charge in [0.25, 0.3) is 0 Å². The second-order valence-electron chi connectivity index (χ2n) is 16.8. The minimum absolute atomic E-state index is 0.172. The van der Waals surface area contributed by atoms with Gasteiger partial charge in [0.15, 0.2) is 6.10 Å². The maximum atomic E-state index is 12.6.